The molecule has 0 saturated heterocycles. The SMILES string of the molecule is O=C([O-])/C(=C/c1ccc([N+](=O)[O-])cc1)Sc1n[nH]c(-c2ccc(Cl)cc2)n1. The summed E-state index contributed by atoms with van der Waals surface area (Å²) in [7, 11) is 0. The van der Waals surface area contributed by atoms with Gasteiger partial charge in [0.25, 0.3) is 5.69 Å². The number of aromatic amines is 1. The number of carboxylic acids is 1. The van der Waals surface area contributed by atoms with Crippen molar-refractivity contribution in [2.24, 2.45) is 0 Å². The number of carboxylic acid groups (broad SMARTS) is 1. The molecule has 0 unspecified atom stereocenters. The quantitative estimate of drug-likeness (QED) is 0.291. The van der Waals surface area contributed by atoms with Gasteiger partial charge in [-0.1, -0.05) is 11.6 Å². The van der Waals surface area contributed by atoms with E-state index in [2.05, 4.69) is 15.2 Å². The molecule has 1 heterocycles. The number of hydrogen-bond donors (Lipinski definition) is 1. The van der Waals surface area contributed by atoms with Crippen molar-refractivity contribution in [2.75, 3.05) is 0 Å². The van der Waals surface area contributed by atoms with Gasteiger partial charge in [-0.3, -0.25) is 15.2 Å². The lowest BCUT2D eigenvalue weighted by Crippen LogP contribution is -2.23. The maximum absolute atomic E-state index is 11.4. The molecule has 10 heteroatoms. The second-order valence-electron chi connectivity index (χ2n) is 5.22. The Kier molecular flexibility index (Phi) is 5.53. The Morgan fingerprint density at radius 3 is 2.41 bits per heavy atom. The Bertz CT molecular complexity index is 1020. The molecule has 27 heavy (non-hydrogen) atoms. The zero-order valence-electron chi connectivity index (χ0n) is 13.5. The number of nitro benzene ring substituents is 1. The van der Waals surface area contributed by atoms with Gasteiger partial charge >= 0.3 is 0 Å². The summed E-state index contributed by atoms with van der Waals surface area (Å²) >= 11 is 6.65. The van der Waals surface area contributed by atoms with E-state index >= 15 is 0 Å². The smallest absolute Gasteiger partial charge is 0.269 e. The predicted octanol–water partition coefficient (Wildman–Crippen LogP) is 2.92. The fourth-order valence-electron chi connectivity index (χ4n) is 2.10. The first kappa shape index (κ1) is 18.6. The lowest BCUT2D eigenvalue weighted by atomic mass is 10.2. The third-order valence-corrected chi connectivity index (χ3v) is 4.51. The van der Waals surface area contributed by atoms with Gasteiger partial charge in [0.15, 0.2) is 5.82 Å². The average molecular weight is 402 g/mol. The zero-order valence-corrected chi connectivity index (χ0v) is 15.0. The van der Waals surface area contributed by atoms with Crippen molar-refractivity contribution in [3.63, 3.8) is 0 Å². The van der Waals surface area contributed by atoms with Crippen molar-refractivity contribution in [1.29, 1.82) is 0 Å². The Labute approximate surface area is 162 Å². The number of thioether (sulfide) groups is 1. The summed E-state index contributed by atoms with van der Waals surface area (Å²) in [5, 5.41) is 29.6. The van der Waals surface area contributed by atoms with Crippen LogP contribution in [0.3, 0.4) is 0 Å². The zero-order chi connectivity index (χ0) is 19.4. The Morgan fingerprint density at radius 2 is 1.81 bits per heavy atom. The van der Waals surface area contributed by atoms with Gasteiger partial charge in [0, 0.05) is 27.6 Å². The molecule has 0 saturated carbocycles. The number of aromatic nitrogens is 3. The van der Waals surface area contributed by atoms with Crippen molar-refractivity contribution in [3.8, 4) is 11.4 Å². The minimum absolute atomic E-state index is 0.0867. The normalized spacial score (nSPS) is 11.4. The van der Waals surface area contributed by atoms with Gasteiger partial charge in [0.05, 0.1) is 10.9 Å². The summed E-state index contributed by atoms with van der Waals surface area (Å²) in [5.41, 5.74) is 1.13. The number of H-pyrrole nitrogens is 1. The van der Waals surface area contributed by atoms with E-state index < -0.39 is 10.9 Å². The molecule has 136 valence electrons. The lowest BCUT2D eigenvalue weighted by molar-refractivity contribution is -0.384. The fourth-order valence-corrected chi connectivity index (χ4v) is 2.93. The molecule has 0 amide bonds. The van der Waals surface area contributed by atoms with Gasteiger partial charge in [-0.15, -0.1) is 5.10 Å². The molecule has 1 N–H and O–H groups in total. The van der Waals surface area contributed by atoms with Crippen LogP contribution in [0.2, 0.25) is 5.02 Å². The highest BCUT2D eigenvalue weighted by atomic mass is 35.5. The van der Waals surface area contributed by atoms with E-state index in [1.54, 1.807) is 24.3 Å². The van der Waals surface area contributed by atoms with Gasteiger partial charge < -0.3 is 9.90 Å². The van der Waals surface area contributed by atoms with Gasteiger partial charge in [0.1, 0.15) is 0 Å². The number of rotatable bonds is 6. The van der Waals surface area contributed by atoms with Crippen LogP contribution < -0.4 is 5.11 Å². The van der Waals surface area contributed by atoms with E-state index in [1.807, 2.05) is 0 Å². The second-order valence-corrected chi connectivity index (χ2v) is 6.67. The van der Waals surface area contributed by atoms with E-state index in [0.717, 1.165) is 17.3 Å². The Hall–Kier alpha value is -3.17. The van der Waals surface area contributed by atoms with Gasteiger partial charge in [-0.2, -0.15) is 0 Å². The summed E-state index contributed by atoms with van der Waals surface area (Å²) in [6.45, 7) is 0. The van der Waals surface area contributed by atoms with Crippen LogP contribution in [0.1, 0.15) is 5.56 Å². The van der Waals surface area contributed by atoms with Crippen LogP contribution in [0.15, 0.2) is 58.6 Å². The van der Waals surface area contributed by atoms with Crippen LogP contribution in [0.25, 0.3) is 17.5 Å². The van der Waals surface area contributed by atoms with Gasteiger partial charge in [-0.25, -0.2) is 4.98 Å². The van der Waals surface area contributed by atoms with Crippen molar-refractivity contribution in [2.45, 2.75) is 5.16 Å². The maximum atomic E-state index is 11.4. The molecule has 0 radical (unpaired) electrons. The lowest BCUT2D eigenvalue weighted by Gasteiger charge is -2.05. The summed E-state index contributed by atoms with van der Waals surface area (Å²) in [6, 6.07) is 12.4. The Balaban J connectivity index is 1.81. The topological polar surface area (TPSA) is 125 Å². The van der Waals surface area contributed by atoms with Crippen LogP contribution in [-0.4, -0.2) is 26.1 Å². The van der Waals surface area contributed by atoms with Crippen molar-refractivity contribution >= 4 is 41.1 Å². The molecular weight excluding hydrogens is 392 g/mol. The fraction of sp³-hybridized carbons (Fsp3) is 0. The van der Waals surface area contributed by atoms with E-state index in [4.69, 9.17) is 11.6 Å². The number of aliphatic carboxylic acids is 1. The van der Waals surface area contributed by atoms with E-state index in [1.165, 1.54) is 30.3 Å². The molecule has 0 aliphatic rings. The Morgan fingerprint density at radius 1 is 1.15 bits per heavy atom. The summed E-state index contributed by atoms with van der Waals surface area (Å²) < 4.78 is 0. The van der Waals surface area contributed by atoms with Crippen LogP contribution in [0, 0.1) is 10.1 Å². The number of nitrogens with zero attached hydrogens (tertiary/aromatic N) is 3. The number of halogens is 1. The summed E-state index contributed by atoms with van der Waals surface area (Å²) in [4.78, 5) is 25.7. The number of nitro groups is 1. The first-order valence-electron chi connectivity index (χ1n) is 7.46. The molecule has 0 atom stereocenters. The highest BCUT2D eigenvalue weighted by molar-refractivity contribution is 8.04. The first-order valence-corrected chi connectivity index (χ1v) is 8.65. The molecule has 3 rings (SSSR count). The molecule has 2 aromatic carbocycles. The average Bonchev–Trinajstić information content (AvgIpc) is 3.10. The monoisotopic (exact) mass is 401 g/mol. The molecule has 0 fully saturated rings. The van der Waals surface area contributed by atoms with Crippen LogP contribution >= 0.6 is 23.4 Å². The molecule has 0 spiro atoms. The van der Waals surface area contributed by atoms with Crippen LogP contribution in [0.5, 0.6) is 0 Å². The molecule has 1 aromatic heterocycles. The summed E-state index contributed by atoms with van der Waals surface area (Å²) in [6.07, 6.45) is 1.34. The molecule has 3 aromatic rings. The molecular formula is C17H10ClN4O4S-. The minimum atomic E-state index is -1.41. The molecule has 0 aliphatic carbocycles. The summed E-state index contributed by atoms with van der Waals surface area (Å²) in [5.74, 6) is -0.946. The highest BCUT2D eigenvalue weighted by Crippen LogP contribution is 2.27. The van der Waals surface area contributed by atoms with Gasteiger partial charge in [-0.05, 0) is 59.8 Å². The number of nitrogens with one attached hydrogen (secondary N) is 1. The number of carbonyl (C=O) groups is 1. The first-order chi connectivity index (χ1) is 12.9. The van der Waals surface area contributed by atoms with E-state index in [0.29, 0.717) is 16.4 Å². The van der Waals surface area contributed by atoms with Crippen molar-refractivity contribution in [3.05, 3.63) is 74.1 Å². The standard InChI is InChI=1S/C17H11ClN4O4S/c18-12-5-3-11(4-6-12)15-19-17(21-20-15)27-14(16(23)24)9-10-1-7-13(8-2-10)22(25)26/h1-9H,(H,23,24)(H,19,20,21)/p-1/b14-9-. The molecule has 0 bridgehead atoms. The number of hydrogen-bond acceptors (Lipinski definition) is 7. The number of non-ortho nitro benzene ring substituents is 1. The molecule has 8 nitrogen and oxygen atoms in total. The second kappa shape index (κ2) is 8.02. The maximum Gasteiger partial charge on any atom is 0.269 e. The van der Waals surface area contributed by atoms with E-state index in [9.17, 15) is 20.0 Å². The van der Waals surface area contributed by atoms with Crippen LogP contribution in [-0.2, 0) is 4.79 Å². The molecule has 0 aliphatic heterocycles. The highest BCUT2D eigenvalue weighted by Gasteiger charge is 2.11. The third kappa shape index (κ3) is 4.72. The van der Waals surface area contributed by atoms with Gasteiger partial charge in [0.2, 0.25) is 5.16 Å². The minimum Gasteiger partial charge on any atom is -0.544 e. The van der Waals surface area contributed by atoms with E-state index in [-0.39, 0.29) is 15.7 Å². The largest absolute Gasteiger partial charge is 0.544 e. The third-order valence-electron chi connectivity index (χ3n) is 3.39. The number of benzene rings is 2. The number of carbonyl (C=O) groups excluding carboxylic acids is 1. The van der Waals surface area contributed by atoms with Crippen molar-refractivity contribution < 1.29 is 14.8 Å². The predicted molar refractivity (Wildman–Crippen MR) is 98.8 cm³/mol. The van der Waals surface area contributed by atoms with Crippen molar-refractivity contribution in [1.82, 2.24) is 15.2 Å². The van der Waals surface area contributed by atoms with Crippen LogP contribution in [0.4, 0.5) is 5.69 Å².